The lowest BCUT2D eigenvalue weighted by Crippen LogP contribution is -1.95. The molecule has 0 aromatic heterocycles. The summed E-state index contributed by atoms with van der Waals surface area (Å²) in [5.41, 5.74) is 8.02. The van der Waals surface area contributed by atoms with Crippen LogP contribution in [0, 0.1) is 0 Å². The molecule has 2 aromatic rings. The van der Waals surface area contributed by atoms with E-state index in [9.17, 15) is 5.11 Å². The van der Waals surface area contributed by atoms with Gasteiger partial charge in [-0.3, -0.25) is 0 Å². The van der Waals surface area contributed by atoms with Gasteiger partial charge in [0.25, 0.3) is 0 Å². The molecule has 0 heterocycles. The van der Waals surface area contributed by atoms with Gasteiger partial charge >= 0.3 is 0 Å². The molecule has 88 valence electrons. The minimum atomic E-state index is 0.0326. The van der Waals surface area contributed by atoms with E-state index in [4.69, 9.17) is 28.9 Å². The molecule has 0 bridgehead atoms. The van der Waals surface area contributed by atoms with Crippen molar-refractivity contribution in [2.45, 2.75) is 6.54 Å². The van der Waals surface area contributed by atoms with E-state index in [2.05, 4.69) is 0 Å². The van der Waals surface area contributed by atoms with Crippen molar-refractivity contribution in [3.8, 4) is 16.9 Å². The second-order valence-electron chi connectivity index (χ2n) is 3.69. The predicted molar refractivity (Wildman–Crippen MR) is 71.5 cm³/mol. The molecule has 3 N–H and O–H groups in total. The maximum absolute atomic E-state index is 9.92. The normalized spacial score (nSPS) is 10.5. The molecule has 0 unspecified atom stereocenters. The predicted octanol–water partition coefficient (Wildman–Crippen LogP) is 3.82. The van der Waals surface area contributed by atoms with E-state index >= 15 is 0 Å². The number of halogens is 2. The molecular formula is C13H11Cl2NO. The molecule has 0 spiro atoms. The molecule has 0 aliphatic heterocycles. The lowest BCUT2D eigenvalue weighted by Gasteiger charge is -2.08. The Bertz CT molecular complexity index is 555. The molecule has 0 saturated heterocycles. The van der Waals surface area contributed by atoms with Gasteiger partial charge in [-0.25, -0.2) is 0 Å². The van der Waals surface area contributed by atoms with Crippen LogP contribution in [0.2, 0.25) is 10.0 Å². The van der Waals surface area contributed by atoms with E-state index in [1.165, 1.54) is 6.07 Å². The van der Waals surface area contributed by atoms with Crippen LogP contribution in [-0.2, 0) is 6.54 Å². The monoisotopic (exact) mass is 267 g/mol. The molecular weight excluding hydrogens is 257 g/mol. The highest BCUT2D eigenvalue weighted by atomic mass is 35.5. The van der Waals surface area contributed by atoms with Crippen LogP contribution in [0.15, 0.2) is 36.4 Å². The zero-order valence-corrected chi connectivity index (χ0v) is 10.5. The van der Waals surface area contributed by atoms with Crippen molar-refractivity contribution in [2.24, 2.45) is 5.73 Å². The molecule has 0 aliphatic rings. The van der Waals surface area contributed by atoms with E-state index in [1.54, 1.807) is 6.07 Å². The van der Waals surface area contributed by atoms with Gasteiger partial charge in [0.05, 0.1) is 5.02 Å². The summed E-state index contributed by atoms with van der Waals surface area (Å²) in [4.78, 5) is 0. The van der Waals surface area contributed by atoms with Crippen molar-refractivity contribution < 1.29 is 5.11 Å². The second-order valence-corrected chi connectivity index (χ2v) is 4.53. The summed E-state index contributed by atoms with van der Waals surface area (Å²) in [6.45, 7) is 0.447. The van der Waals surface area contributed by atoms with E-state index in [0.717, 1.165) is 11.1 Å². The fraction of sp³-hybridized carbons (Fsp3) is 0.0769. The minimum absolute atomic E-state index is 0.0326. The first-order chi connectivity index (χ1) is 8.11. The molecule has 2 nitrogen and oxygen atoms in total. The Hall–Kier alpha value is -1.22. The first kappa shape index (κ1) is 12.2. The molecule has 4 heteroatoms. The van der Waals surface area contributed by atoms with Crippen LogP contribution in [0.1, 0.15) is 5.56 Å². The second kappa shape index (κ2) is 4.96. The summed E-state index contributed by atoms with van der Waals surface area (Å²) >= 11 is 11.8. The standard InChI is InChI=1S/C13H11Cl2NO/c14-10-5-11(13(17)12(15)6-10)9-3-1-2-8(4-9)7-16/h1-6,17H,7,16H2. The van der Waals surface area contributed by atoms with Gasteiger partial charge in [-0.1, -0.05) is 41.4 Å². The Morgan fingerprint density at radius 2 is 1.88 bits per heavy atom. The topological polar surface area (TPSA) is 46.2 Å². The first-order valence-corrected chi connectivity index (χ1v) is 5.85. The average molecular weight is 268 g/mol. The van der Waals surface area contributed by atoms with Gasteiger partial charge in [0.15, 0.2) is 0 Å². The third kappa shape index (κ3) is 2.55. The molecule has 0 saturated carbocycles. The number of hydrogen-bond acceptors (Lipinski definition) is 2. The third-order valence-electron chi connectivity index (χ3n) is 2.50. The van der Waals surface area contributed by atoms with Crippen molar-refractivity contribution in [3.05, 3.63) is 52.0 Å². The van der Waals surface area contributed by atoms with Crippen molar-refractivity contribution in [1.82, 2.24) is 0 Å². The van der Waals surface area contributed by atoms with Gasteiger partial charge in [-0.15, -0.1) is 0 Å². The molecule has 0 atom stereocenters. The van der Waals surface area contributed by atoms with Gasteiger partial charge in [-0.2, -0.15) is 0 Å². The molecule has 0 aliphatic carbocycles. The Morgan fingerprint density at radius 1 is 1.12 bits per heavy atom. The van der Waals surface area contributed by atoms with Gasteiger partial charge in [0, 0.05) is 17.1 Å². The molecule has 0 radical (unpaired) electrons. The highest BCUT2D eigenvalue weighted by Crippen LogP contribution is 2.38. The van der Waals surface area contributed by atoms with Crippen molar-refractivity contribution in [3.63, 3.8) is 0 Å². The summed E-state index contributed by atoms with van der Waals surface area (Å²) in [6.07, 6.45) is 0. The lowest BCUT2D eigenvalue weighted by molar-refractivity contribution is 0.477. The lowest BCUT2D eigenvalue weighted by atomic mass is 10.0. The quantitative estimate of drug-likeness (QED) is 0.869. The number of hydrogen-bond donors (Lipinski definition) is 2. The Balaban J connectivity index is 2.59. The number of phenols is 1. The van der Waals surface area contributed by atoms with Gasteiger partial charge in [-0.05, 0) is 29.3 Å². The molecule has 17 heavy (non-hydrogen) atoms. The van der Waals surface area contributed by atoms with Crippen LogP contribution in [0.3, 0.4) is 0 Å². The van der Waals surface area contributed by atoms with Crippen LogP contribution in [0.5, 0.6) is 5.75 Å². The van der Waals surface area contributed by atoms with E-state index in [-0.39, 0.29) is 10.8 Å². The van der Waals surface area contributed by atoms with Crippen molar-refractivity contribution in [2.75, 3.05) is 0 Å². The maximum atomic E-state index is 9.92. The Kier molecular flexibility index (Phi) is 3.57. The van der Waals surface area contributed by atoms with Crippen LogP contribution in [0.4, 0.5) is 0 Å². The van der Waals surface area contributed by atoms with Crippen LogP contribution in [-0.4, -0.2) is 5.11 Å². The summed E-state index contributed by atoms with van der Waals surface area (Å²) in [5, 5.41) is 10.6. The van der Waals surface area contributed by atoms with Gasteiger partial charge < -0.3 is 10.8 Å². The SMILES string of the molecule is NCc1cccc(-c2cc(Cl)cc(Cl)c2O)c1. The summed E-state index contributed by atoms with van der Waals surface area (Å²) in [5.74, 6) is 0.0326. The molecule has 0 fully saturated rings. The zero-order chi connectivity index (χ0) is 12.4. The van der Waals surface area contributed by atoms with E-state index in [0.29, 0.717) is 17.1 Å². The molecule has 2 aromatic carbocycles. The summed E-state index contributed by atoms with van der Waals surface area (Å²) in [6, 6.07) is 10.8. The fourth-order valence-electron chi connectivity index (χ4n) is 1.65. The molecule has 0 amide bonds. The zero-order valence-electron chi connectivity index (χ0n) is 8.95. The number of nitrogens with two attached hydrogens (primary N) is 1. The number of aromatic hydroxyl groups is 1. The van der Waals surface area contributed by atoms with Crippen molar-refractivity contribution in [1.29, 1.82) is 0 Å². The van der Waals surface area contributed by atoms with E-state index in [1.807, 2.05) is 24.3 Å². The smallest absolute Gasteiger partial charge is 0.142 e. The highest BCUT2D eigenvalue weighted by molar-refractivity contribution is 6.36. The largest absolute Gasteiger partial charge is 0.506 e. The van der Waals surface area contributed by atoms with Crippen LogP contribution >= 0.6 is 23.2 Å². The van der Waals surface area contributed by atoms with Gasteiger partial charge in [0.1, 0.15) is 5.75 Å². The number of phenolic OH excluding ortho intramolecular Hbond substituents is 1. The number of rotatable bonds is 2. The van der Waals surface area contributed by atoms with E-state index < -0.39 is 0 Å². The minimum Gasteiger partial charge on any atom is -0.506 e. The Morgan fingerprint density at radius 3 is 2.59 bits per heavy atom. The maximum Gasteiger partial charge on any atom is 0.142 e. The summed E-state index contributed by atoms with van der Waals surface area (Å²) in [7, 11) is 0. The summed E-state index contributed by atoms with van der Waals surface area (Å²) < 4.78 is 0. The highest BCUT2D eigenvalue weighted by Gasteiger charge is 2.10. The molecule has 2 rings (SSSR count). The van der Waals surface area contributed by atoms with Crippen molar-refractivity contribution >= 4 is 23.2 Å². The number of benzene rings is 2. The average Bonchev–Trinajstić information content (AvgIpc) is 2.34. The van der Waals surface area contributed by atoms with Crippen LogP contribution < -0.4 is 5.73 Å². The Labute approximate surface area is 110 Å². The van der Waals surface area contributed by atoms with Gasteiger partial charge in [0.2, 0.25) is 0 Å². The first-order valence-electron chi connectivity index (χ1n) is 5.09. The fourth-order valence-corrected chi connectivity index (χ4v) is 2.15. The van der Waals surface area contributed by atoms with Crippen LogP contribution in [0.25, 0.3) is 11.1 Å². The third-order valence-corrected chi connectivity index (χ3v) is 3.01.